The third kappa shape index (κ3) is 3.28. The first-order valence-corrected chi connectivity index (χ1v) is 8.45. The number of carboxylic acid groups (broad SMARTS) is 1. The van der Waals surface area contributed by atoms with Crippen LogP contribution in [-0.4, -0.2) is 58.4 Å². The van der Waals surface area contributed by atoms with Gasteiger partial charge >= 0.3 is 5.97 Å². The summed E-state index contributed by atoms with van der Waals surface area (Å²) in [7, 11) is 1.46. The van der Waals surface area contributed by atoms with Crippen molar-refractivity contribution in [3.05, 3.63) is 23.8 Å². The van der Waals surface area contributed by atoms with Crippen LogP contribution in [0.2, 0.25) is 0 Å². The first-order chi connectivity index (χ1) is 11.9. The minimum atomic E-state index is -1.34. The van der Waals surface area contributed by atoms with Crippen molar-refractivity contribution in [3.63, 3.8) is 0 Å². The highest BCUT2D eigenvalue weighted by atomic mass is 16.5. The summed E-state index contributed by atoms with van der Waals surface area (Å²) >= 11 is 0. The van der Waals surface area contributed by atoms with E-state index in [1.165, 1.54) is 24.1 Å². The van der Waals surface area contributed by atoms with Gasteiger partial charge in [0.25, 0.3) is 5.91 Å². The molecule has 25 heavy (non-hydrogen) atoms. The quantitative estimate of drug-likeness (QED) is 0.743. The summed E-state index contributed by atoms with van der Waals surface area (Å²) in [6.45, 7) is 0.204. The van der Waals surface area contributed by atoms with Gasteiger partial charge in [-0.05, 0) is 30.9 Å². The van der Waals surface area contributed by atoms with E-state index in [4.69, 9.17) is 4.74 Å². The van der Waals surface area contributed by atoms with Crippen molar-refractivity contribution in [2.24, 2.45) is 11.3 Å². The summed E-state index contributed by atoms with van der Waals surface area (Å²) in [6.07, 6.45) is 1.55. The van der Waals surface area contributed by atoms with Gasteiger partial charge in [-0.1, -0.05) is 12.8 Å². The zero-order valence-corrected chi connectivity index (χ0v) is 14.1. The number of carbonyl (C=O) groups excluding carboxylic acids is 1. The SMILES string of the molecule is COc1ccc(C(=O)N2CC[C@@H](O)[C@](CC3CC3)(C(=O)O)C2)c(O)c1. The summed E-state index contributed by atoms with van der Waals surface area (Å²) in [4.78, 5) is 26.2. The monoisotopic (exact) mass is 349 g/mol. The van der Waals surface area contributed by atoms with Gasteiger partial charge in [-0.25, -0.2) is 0 Å². The van der Waals surface area contributed by atoms with E-state index >= 15 is 0 Å². The molecule has 0 radical (unpaired) electrons. The van der Waals surface area contributed by atoms with Crippen LogP contribution in [0.15, 0.2) is 18.2 Å². The van der Waals surface area contributed by atoms with Crippen LogP contribution >= 0.6 is 0 Å². The van der Waals surface area contributed by atoms with Crippen molar-refractivity contribution in [3.8, 4) is 11.5 Å². The Bertz CT molecular complexity index is 686. The number of aliphatic hydroxyl groups is 1. The number of aromatic hydroxyl groups is 1. The van der Waals surface area contributed by atoms with Gasteiger partial charge in [0.2, 0.25) is 0 Å². The molecule has 2 fully saturated rings. The average molecular weight is 349 g/mol. The molecule has 0 bridgehead atoms. The number of rotatable bonds is 5. The summed E-state index contributed by atoms with van der Waals surface area (Å²) in [5.41, 5.74) is -1.24. The van der Waals surface area contributed by atoms with Crippen molar-refractivity contribution >= 4 is 11.9 Å². The molecule has 3 N–H and O–H groups in total. The molecular formula is C18H23NO6. The fourth-order valence-corrected chi connectivity index (χ4v) is 3.58. The Kier molecular flexibility index (Phi) is 4.60. The van der Waals surface area contributed by atoms with E-state index in [1.54, 1.807) is 6.07 Å². The van der Waals surface area contributed by atoms with E-state index in [9.17, 15) is 24.9 Å². The minimum absolute atomic E-state index is 0.0513. The molecule has 0 unspecified atom stereocenters. The van der Waals surface area contributed by atoms with Gasteiger partial charge in [-0.2, -0.15) is 0 Å². The maximum atomic E-state index is 12.8. The Morgan fingerprint density at radius 2 is 2.04 bits per heavy atom. The predicted molar refractivity (Wildman–Crippen MR) is 88.6 cm³/mol. The number of piperidine rings is 1. The van der Waals surface area contributed by atoms with Crippen molar-refractivity contribution in [1.82, 2.24) is 4.90 Å². The highest BCUT2D eigenvalue weighted by Gasteiger charge is 2.52. The van der Waals surface area contributed by atoms with Crippen molar-refractivity contribution in [1.29, 1.82) is 0 Å². The number of hydrogen-bond acceptors (Lipinski definition) is 5. The molecule has 1 heterocycles. The number of aliphatic carboxylic acids is 1. The van der Waals surface area contributed by atoms with Gasteiger partial charge in [-0.3, -0.25) is 9.59 Å². The van der Waals surface area contributed by atoms with Crippen LogP contribution in [0, 0.1) is 11.3 Å². The molecule has 1 aromatic carbocycles. The lowest BCUT2D eigenvalue weighted by Gasteiger charge is -2.43. The standard InChI is InChI=1S/C18H23NO6/c1-25-12-4-5-13(14(20)8-12)16(22)19-7-6-15(21)18(10-19,17(23)24)9-11-2-3-11/h4-5,8,11,15,20-21H,2-3,6-7,9-10H2,1H3,(H,23,24)/t15-,18-/m1/s1. The largest absolute Gasteiger partial charge is 0.507 e. The van der Waals surface area contributed by atoms with Crippen molar-refractivity contribution < 1.29 is 29.6 Å². The van der Waals surface area contributed by atoms with E-state index in [0.717, 1.165) is 12.8 Å². The lowest BCUT2D eigenvalue weighted by atomic mass is 9.73. The number of phenols is 1. The number of methoxy groups -OCH3 is 1. The molecule has 1 aliphatic carbocycles. The van der Waals surface area contributed by atoms with Gasteiger partial charge in [-0.15, -0.1) is 0 Å². The first kappa shape index (κ1) is 17.5. The van der Waals surface area contributed by atoms with E-state index in [2.05, 4.69) is 0 Å². The molecule has 1 saturated heterocycles. The molecule has 1 saturated carbocycles. The van der Waals surface area contributed by atoms with Gasteiger partial charge in [0.05, 0.1) is 18.8 Å². The molecule has 7 heteroatoms. The number of amides is 1. The maximum absolute atomic E-state index is 12.8. The van der Waals surface area contributed by atoms with Crippen LogP contribution in [-0.2, 0) is 4.79 Å². The summed E-state index contributed by atoms with van der Waals surface area (Å²) in [5, 5.41) is 30.2. The molecule has 1 aliphatic heterocycles. The third-order valence-corrected chi connectivity index (χ3v) is 5.28. The van der Waals surface area contributed by atoms with E-state index in [-0.39, 0.29) is 30.8 Å². The number of carbonyl (C=O) groups is 2. The molecule has 0 aromatic heterocycles. The molecule has 1 aromatic rings. The average Bonchev–Trinajstić information content (AvgIpc) is 3.39. The lowest BCUT2D eigenvalue weighted by molar-refractivity contribution is -0.163. The van der Waals surface area contributed by atoms with Crippen LogP contribution < -0.4 is 4.74 Å². The Balaban J connectivity index is 1.84. The fourth-order valence-electron chi connectivity index (χ4n) is 3.58. The number of hydrogen-bond donors (Lipinski definition) is 3. The second-order valence-corrected chi connectivity index (χ2v) is 7.02. The van der Waals surface area contributed by atoms with E-state index in [1.807, 2.05) is 0 Å². The van der Waals surface area contributed by atoms with E-state index in [0.29, 0.717) is 18.1 Å². The smallest absolute Gasteiger partial charge is 0.314 e. The van der Waals surface area contributed by atoms with Crippen LogP contribution in [0.1, 0.15) is 36.0 Å². The predicted octanol–water partition coefficient (Wildman–Crippen LogP) is 1.48. The maximum Gasteiger partial charge on any atom is 0.314 e. The highest BCUT2D eigenvalue weighted by molar-refractivity contribution is 5.97. The molecule has 3 rings (SSSR count). The second kappa shape index (κ2) is 6.55. The number of carboxylic acids is 1. The van der Waals surface area contributed by atoms with Crippen molar-refractivity contribution in [2.75, 3.05) is 20.2 Å². The summed E-state index contributed by atoms with van der Waals surface area (Å²) in [5.74, 6) is -0.984. The molecule has 1 amide bonds. The Morgan fingerprint density at radius 3 is 2.60 bits per heavy atom. The number of nitrogens with zero attached hydrogens (tertiary/aromatic N) is 1. The molecular weight excluding hydrogens is 326 g/mol. The molecule has 7 nitrogen and oxygen atoms in total. The Morgan fingerprint density at radius 1 is 1.32 bits per heavy atom. The van der Waals surface area contributed by atoms with Gasteiger partial charge in [0.1, 0.15) is 16.9 Å². The third-order valence-electron chi connectivity index (χ3n) is 5.28. The normalized spacial score (nSPS) is 26.3. The van der Waals surface area contributed by atoms with Crippen LogP contribution in [0.4, 0.5) is 0 Å². The fraction of sp³-hybridized carbons (Fsp3) is 0.556. The number of ether oxygens (including phenoxy) is 1. The van der Waals surface area contributed by atoms with Gasteiger partial charge < -0.3 is 25.0 Å². The molecule has 2 aliphatic rings. The van der Waals surface area contributed by atoms with Crippen molar-refractivity contribution in [2.45, 2.75) is 31.8 Å². The Hall–Kier alpha value is -2.28. The topological polar surface area (TPSA) is 107 Å². The number of benzene rings is 1. The molecule has 0 spiro atoms. The summed E-state index contributed by atoms with van der Waals surface area (Å²) in [6, 6.07) is 4.38. The van der Waals surface area contributed by atoms with Crippen LogP contribution in [0.5, 0.6) is 11.5 Å². The van der Waals surface area contributed by atoms with Crippen LogP contribution in [0.3, 0.4) is 0 Å². The molecule has 2 atom stereocenters. The van der Waals surface area contributed by atoms with Crippen LogP contribution in [0.25, 0.3) is 0 Å². The Labute approximate surface area is 145 Å². The lowest BCUT2D eigenvalue weighted by Crippen LogP contribution is -2.57. The number of aliphatic hydroxyl groups excluding tert-OH is 1. The first-order valence-electron chi connectivity index (χ1n) is 8.45. The second-order valence-electron chi connectivity index (χ2n) is 7.02. The summed E-state index contributed by atoms with van der Waals surface area (Å²) < 4.78 is 5.01. The van der Waals surface area contributed by atoms with E-state index < -0.39 is 23.4 Å². The number of phenolic OH excluding ortho intramolecular Hbond substituents is 1. The van der Waals surface area contributed by atoms with Gasteiger partial charge in [0.15, 0.2) is 0 Å². The van der Waals surface area contributed by atoms with Gasteiger partial charge in [0, 0.05) is 19.2 Å². The molecule has 136 valence electrons. The zero-order valence-electron chi connectivity index (χ0n) is 14.1. The number of likely N-dealkylation sites (tertiary alicyclic amines) is 1. The zero-order chi connectivity index (χ0) is 18.2. The highest BCUT2D eigenvalue weighted by Crippen LogP contribution is 2.45. The minimum Gasteiger partial charge on any atom is -0.507 e.